The highest BCUT2D eigenvalue weighted by Crippen LogP contribution is 2.22. The number of likely N-dealkylation sites (tertiary alicyclic amines) is 1. The van der Waals surface area contributed by atoms with Crippen LogP contribution in [0.4, 0.5) is 5.69 Å². The standard InChI is InChI=1S/C20H23ClN2O2/c1-25-19-9-7-18(8-10-19)22-20(24)16-5-3-11-23(14-16)13-15-4-2-6-17(21)12-15/h2,4,6-10,12,16H,3,5,11,13-14H2,1H3,(H,22,24). The van der Waals surface area contributed by atoms with Crippen molar-refractivity contribution in [1.29, 1.82) is 0 Å². The van der Waals surface area contributed by atoms with Crippen LogP contribution in [0.3, 0.4) is 0 Å². The molecule has 1 unspecified atom stereocenters. The number of anilines is 1. The molecule has 0 aromatic heterocycles. The van der Waals surface area contributed by atoms with Gasteiger partial charge < -0.3 is 10.1 Å². The van der Waals surface area contributed by atoms with Gasteiger partial charge in [0.05, 0.1) is 13.0 Å². The second-order valence-electron chi connectivity index (χ2n) is 6.42. The van der Waals surface area contributed by atoms with Crippen molar-refractivity contribution in [3.05, 3.63) is 59.1 Å². The molecule has 2 aromatic carbocycles. The number of ether oxygens (including phenoxy) is 1. The zero-order chi connectivity index (χ0) is 17.6. The van der Waals surface area contributed by atoms with Gasteiger partial charge in [0, 0.05) is 23.8 Å². The molecule has 0 spiro atoms. The maximum Gasteiger partial charge on any atom is 0.228 e. The van der Waals surface area contributed by atoms with Crippen LogP contribution >= 0.6 is 11.6 Å². The second kappa shape index (κ2) is 8.37. The summed E-state index contributed by atoms with van der Waals surface area (Å²) in [5, 5.41) is 3.77. The first kappa shape index (κ1) is 17.8. The van der Waals surface area contributed by atoms with Crippen molar-refractivity contribution < 1.29 is 9.53 Å². The second-order valence-corrected chi connectivity index (χ2v) is 6.86. The molecule has 1 aliphatic rings. The Morgan fingerprint density at radius 1 is 1.28 bits per heavy atom. The van der Waals surface area contributed by atoms with Gasteiger partial charge in [0.1, 0.15) is 5.75 Å². The summed E-state index contributed by atoms with van der Waals surface area (Å²) in [5.74, 6) is 0.874. The number of rotatable bonds is 5. The Hall–Kier alpha value is -2.04. The van der Waals surface area contributed by atoms with Crippen LogP contribution in [0.15, 0.2) is 48.5 Å². The molecule has 1 fully saturated rings. The molecular formula is C20H23ClN2O2. The molecule has 4 nitrogen and oxygen atoms in total. The molecule has 0 saturated carbocycles. The number of amides is 1. The Kier molecular flexibility index (Phi) is 5.95. The summed E-state index contributed by atoms with van der Waals surface area (Å²) in [7, 11) is 1.63. The molecule has 1 saturated heterocycles. The van der Waals surface area contributed by atoms with Crippen LogP contribution in [0.25, 0.3) is 0 Å². The van der Waals surface area contributed by atoms with Crippen molar-refractivity contribution in [2.24, 2.45) is 5.92 Å². The maximum absolute atomic E-state index is 12.6. The van der Waals surface area contributed by atoms with E-state index in [2.05, 4.69) is 16.3 Å². The minimum atomic E-state index is 0.00929. The largest absolute Gasteiger partial charge is 0.497 e. The van der Waals surface area contributed by atoms with Crippen LogP contribution in [0.1, 0.15) is 18.4 Å². The van der Waals surface area contributed by atoms with Gasteiger partial charge in [-0.2, -0.15) is 0 Å². The van der Waals surface area contributed by atoms with E-state index in [0.717, 1.165) is 48.9 Å². The van der Waals surface area contributed by atoms with E-state index in [1.165, 1.54) is 5.56 Å². The van der Waals surface area contributed by atoms with Crippen molar-refractivity contribution in [3.63, 3.8) is 0 Å². The summed E-state index contributed by atoms with van der Waals surface area (Å²) in [6, 6.07) is 15.3. The summed E-state index contributed by atoms with van der Waals surface area (Å²) >= 11 is 6.06. The van der Waals surface area contributed by atoms with E-state index in [4.69, 9.17) is 16.3 Å². The fourth-order valence-electron chi connectivity index (χ4n) is 3.23. The van der Waals surface area contributed by atoms with E-state index < -0.39 is 0 Å². The fraction of sp³-hybridized carbons (Fsp3) is 0.350. The molecule has 0 aliphatic carbocycles. The molecule has 1 heterocycles. The molecule has 1 atom stereocenters. The third-order valence-corrected chi connectivity index (χ3v) is 4.76. The zero-order valence-corrected chi connectivity index (χ0v) is 15.1. The van der Waals surface area contributed by atoms with E-state index in [1.54, 1.807) is 7.11 Å². The van der Waals surface area contributed by atoms with Gasteiger partial charge in [0.25, 0.3) is 0 Å². The summed E-state index contributed by atoms with van der Waals surface area (Å²) < 4.78 is 5.14. The molecule has 2 aromatic rings. The molecule has 1 amide bonds. The Labute approximate surface area is 153 Å². The average Bonchev–Trinajstić information content (AvgIpc) is 2.62. The highest BCUT2D eigenvalue weighted by Gasteiger charge is 2.25. The number of halogens is 1. The number of hydrogen-bond donors (Lipinski definition) is 1. The SMILES string of the molecule is COc1ccc(NC(=O)C2CCCN(Cc3cccc(Cl)c3)C2)cc1. The van der Waals surface area contributed by atoms with E-state index in [-0.39, 0.29) is 11.8 Å². The minimum absolute atomic E-state index is 0.00929. The van der Waals surface area contributed by atoms with Gasteiger partial charge in [0.15, 0.2) is 0 Å². The lowest BCUT2D eigenvalue weighted by Gasteiger charge is -2.32. The van der Waals surface area contributed by atoms with Crippen molar-refractivity contribution >= 4 is 23.2 Å². The van der Waals surface area contributed by atoms with E-state index >= 15 is 0 Å². The molecular weight excluding hydrogens is 336 g/mol. The molecule has 1 aliphatic heterocycles. The quantitative estimate of drug-likeness (QED) is 0.870. The van der Waals surface area contributed by atoms with Gasteiger partial charge >= 0.3 is 0 Å². The lowest BCUT2D eigenvalue weighted by molar-refractivity contribution is -0.121. The number of nitrogens with zero attached hydrogens (tertiary/aromatic N) is 1. The Balaban J connectivity index is 1.57. The fourth-order valence-corrected chi connectivity index (χ4v) is 3.44. The number of carbonyl (C=O) groups excluding carboxylic acids is 1. The number of benzene rings is 2. The summed E-state index contributed by atoms with van der Waals surface area (Å²) in [4.78, 5) is 14.9. The topological polar surface area (TPSA) is 41.6 Å². The first-order chi connectivity index (χ1) is 12.1. The monoisotopic (exact) mass is 358 g/mol. The molecule has 0 bridgehead atoms. The molecule has 132 valence electrons. The van der Waals surface area contributed by atoms with Gasteiger partial charge in [-0.05, 0) is 61.3 Å². The lowest BCUT2D eigenvalue weighted by atomic mass is 9.96. The zero-order valence-electron chi connectivity index (χ0n) is 14.4. The highest BCUT2D eigenvalue weighted by molar-refractivity contribution is 6.30. The van der Waals surface area contributed by atoms with Crippen molar-refractivity contribution in [2.75, 3.05) is 25.5 Å². The number of piperidine rings is 1. The number of hydrogen-bond acceptors (Lipinski definition) is 3. The highest BCUT2D eigenvalue weighted by atomic mass is 35.5. The van der Waals surface area contributed by atoms with Gasteiger partial charge in [-0.3, -0.25) is 9.69 Å². The van der Waals surface area contributed by atoms with Crippen LogP contribution in [-0.2, 0) is 11.3 Å². The van der Waals surface area contributed by atoms with Crippen LogP contribution in [-0.4, -0.2) is 31.0 Å². The first-order valence-corrected chi connectivity index (χ1v) is 8.93. The van der Waals surface area contributed by atoms with E-state index in [1.807, 2.05) is 42.5 Å². The van der Waals surface area contributed by atoms with Gasteiger partial charge in [-0.15, -0.1) is 0 Å². The molecule has 1 N–H and O–H groups in total. The van der Waals surface area contributed by atoms with Crippen LogP contribution < -0.4 is 10.1 Å². The van der Waals surface area contributed by atoms with Gasteiger partial charge in [-0.25, -0.2) is 0 Å². The van der Waals surface area contributed by atoms with Crippen molar-refractivity contribution in [1.82, 2.24) is 4.90 Å². The first-order valence-electron chi connectivity index (χ1n) is 8.56. The predicted molar refractivity (Wildman–Crippen MR) is 101 cm³/mol. The maximum atomic E-state index is 12.6. The van der Waals surface area contributed by atoms with Crippen LogP contribution in [0.5, 0.6) is 5.75 Å². The summed E-state index contributed by atoms with van der Waals surface area (Å²) in [5.41, 5.74) is 1.99. The molecule has 3 rings (SSSR count). The third kappa shape index (κ3) is 4.97. The lowest BCUT2D eigenvalue weighted by Crippen LogP contribution is -2.40. The number of methoxy groups -OCH3 is 1. The summed E-state index contributed by atoms with van der Waals surface area (Å²) in [6.45, 7) is 2.61. The predicted octanol–water partition coefficient (Wildman–Crippen LogP) is 4.20. The molecule has 5 heteroatoms. The molecule has 25 heavy (non-hydrogen) atoms. The van der Waals surface area contributed by atoms with E-state index in [0.29, 0.717) is 0 Å². The van der Waals surface area contributed by atoms with Crippen LogP contribution in [0, 0.1) is 5.92 Å². The van der Waals surface area contributed by atoms with Crippen LogP contribution in [0.2, 0.25) is 5.02 Å². The Morgan fingerprint density at radius 2 is 2.08 bits per heavy atom. The van der Waals surface area contributed by atoms with Crippen molar-refractivity contribution in [3.8, 4) is 5.75 Å². The van der Waals surface area contributed by atoms with Gasteiger partial charge in [0.2, 0.25) is 5.91 Å². The van der Waals surface area contributed by atoms with Gasteiger partial charge in [-0.1, -0.05) is 23.7 Å². The Bertz CT molecular complexity index is 718. The minimum Gasteiger partial charge on any atom is -0.497 e. The van der Waals surface area contributed by atoms with Crippen molar-refractivity contribution in [2.45, 2.75) is 19.4 Å². The molecule has 0 radical (unpaired) electrons. The number of nitrogens with one attached hydrogen (secondary N) is 1. The number of carbonyl (C=O) groups is 1. The third-order valence-electron chi connectivity index (χ3n) is 4.53. The summed E-state index contributed by atoms with van der Waals surface area (Å²) in [6.07, 6.45) is 1.95. The smallest absolute Gasteiger partial charge is 0.228 e. The average molecular weight is 359 g/mol. The Morgan fingerprint density at radius 3 is 2.80 bits per heavy atom. The normalized spacial score (nSPS) is 17.9. The van der Waals surface area contributed by atoms with E-state index in [9.17, 15) is 4.79 Å².